The lowest BCUT2D eigenvalue weighted by molar-refractivity contribution is -0.142. The minimum absolute atomic E-state index is 0.226. The first kappa shape index (κ1) is 12.8. The summed E-state index contributed by atoms with van der Waals surface area (Å²) in [5, 5.41) is 6.93. The maximum Gasteiger partial charge on any atom is 0.433 e. The van der Waals surface area contributed by atoms with E-state index < -0.39 is 11.9 Å². The SMILES string of the molecule is CNCCCc1cc2nccc(C(F)(F)F)n2n1. The van der Waals surface area contributed by atoms with Crippen LogP contribution in [0.3, 0.4) is 0 Å². The molecule has 0 atom stereocenters. The standard InChI is InChI=1S/C11H13F3N4/c1-15-5-2-3-8-7-10-16-6-4-9(11(12,13)14)18(10)17-8/h4,6-7,15H,2-3,5H2,1H3. The Morgan fingerprint density at radius 1 is 1.39 bits per heavy atom. The molecule has 98 valence electrons. The molecule has 0 bridgehead atoms. The molecule has 0 fully saturated rings. The average molecular weight is 258 g/mol. The third-order valence-corrected chi connectivity index (χ3v) is 2.56. The lowest BCUT2D eigenvalue weighted by Crippen LogP contribution is -2.13. The van der Waals surface area contributed by atoms with Gasteiger partial charge in [0.25, 0.3) is 0 Å². The first-order valence-electron chi connectivity index (χ1n) is 5.58. The van der Waals surface area contributed by atoms with E-state index in [1.165, 1.54) is 0 Å². The van der Waals surface area contributed by atoms with Gasteiger partial charge in [0.2, 0.25) is 0 Å². The molecule has 0 radical (unpaired) electrons. The molecule has 0 aliphatic rings. The van der Waals surface area contributed by atoms with E-state index in [4.69, 9.17) is 0 Å². The Kier molecular flexibility index (Phi) is 3.51. The van der Waals surface area contributed by atoms with E-state index in [2.05, 4.69) is 15.4 Å². The second-order valence-electron chi connectivity index (χ2n) is 3.94. The lowest BCUT2D eigenvalue weighted by Gasteiger charge is -2.07. The Labute approximate surface area is 102 Å². The summed E-state index contributed by atoms with van der Waals surface area (Å²) in [6, 6.07) is 2.52. The highest BCUT2D eigenvalue weighted by Gasteiger charge is 2.34. The second kappa shape index (κ2) is 4.93. The van der Waals surface area contributed by atoms with Gasteiger partial charge in [-0.25, -0.2) is 9.50 Å². The summed E-state index contributed by atoms with van der Waals surface area (Å²) in [5.74, 6) is 0. The van der Waals surface area contributed by atoms with Crippen molar-refractivity contribution in [3.05, 3.63) is 29.7 Å². The molecule has 0 unspecified atom stereocenters. The number of aryl methyl sites for hydroxylation is 1. The van der Waals surface area contributed by atoms with Gasteiger partial charge in [0.1, 0.15) is 5.69 Å². The fourth-order valence-electron chi connectivity index (χ4n) is 1.73. The van der Waals surface area contributed by atoms with Crippen molar-refractivity contribution in [1.29, 1.82) is 0 Å². The highest BCUT2D eigenvalue weighted by Crippen LogP contribution is 2.28. The molecule has 1 N–H and O–H groups in total. The first-order valence-corrected chi connectivity index (χ1v) is 5.58. The van der Waals surface area contributed by atoms with Crippen molar-refractivity contribution in [3.8, 4) is 0 Å². The van der Waals surface area contributed by atoms with Crippen LogP contribution in [0.5, 0.6) is 0 Å². The number of rotatable bonds is 4. The summed E-state index contributed by atoms with van der Waals surface area (Å²) in [5.41, 5.74) is 0.0473. The van der Waals surface area contributed by atoms with E-state index in [-0.39, 0.29) is 5.65 Å². The van der Waals surface area contributed by atoms with Crippen LogP contribution in [0, 0.1) is 0 Å². The molecule has 2 heterocycles. The van der Waals surface area contributed by atoms with Crippen LogP contribution in [0.25, 0.3) is 5.65 Å². The van der Waals surface area contributed by atoms with Gasteiger partial charge in [-0.15, -0.1) is 0 Å². The van der Waals surface area contributed by atoms with Crippen molar-refractivity contribution >= 4 is 5.65 Å². The van der Waals surface area contributed by atoms with Crippen LogP contribution < -0.4 is 5.32 Å². The topological polar surface area (TPSA) is 42.2 Å². The van der Waals surface area contributed by atoms with Gasteiger partial charge in [0, 0.05) is 12.3 Å². The maximum absolute atomic E-state index is 12.7. The zero-order valence-corrected chi connectivity index (χ0v) is 9.83. The van der Waals surface area contributed by atoms with E-state index in [0.29, 0.717) is 12.1 Å². The number of hydrogen-bond donors (Lipinski definition) is 1. The molecule has 0 aliphatic carbocycles. The Balaban J connectivity index is 2.33. The minimum atomic E-state index is -4.42. The number of aromatic nitrogens is 3. The van der Waals surface area contributed by atoms with Gasteiger partial charge < -0.3 is 5.32 Å². The normalized spacial score (nSPS) is 12.2. The first-order chi connectivity index (χ1) is 8.52. The lowest BCUT2D eigenvalue weighted by atomic mass is 10.2. The van der Waals surface area contributed by atoms with Gasteiger partial charge in [-0.3, -0.25) is 0 Å². The summed E-state index contributed by atoms with van der Waals surface area (Å²) < 4.78 is 39.1. The zero-order chi connectivity index (χ0) is 13.2. The fraction of sp³-hybridized carbons (Fsp3) is 0.455. The Hall–Kier alpha value is -1.63. The molecular formula is C11H13F3N4. The van der Waals surface area contributed by atoms with E-state index in [0.717, 1.165) is 29.7 Å². The monoisotopic (exact) mass is 258 g/mol. The Morgan fingerprint density at radius 2 is 2.17 bits per heavy atom. The second-order valence-corrected chi connectivity index (χ2v) is 3.94. The smallest absolute Gasteiger partial charge is 0.320 e. The van der Waals surface area contributed by atoms with Crippen LogP contribution in [0.2, 0.25) is 0 Å². The summed E-state index contributed by atoms with van der Waals surface area (Å²) in [6.45, 7) is 0.799. The van der Waals surface area contributed by atoms with Crippen LogP contribution in [-0.2, 0) is 12.6 Å². The summed E-state index contributed by atoms with van der Waals surface area (Å²) in [6.07, 6.45) is -1.82. The van der Waals surface area contributed by atoms with Gasteiger partial charge in [-0.05, 0) is 32.5 Å². The van der Waals surface area contributed by atoms with Crippen molar-refractivity contribution in [2.75, 3.05) is 13.6 Å². The van der Waals surface area contributed by atoms with E-state index in [9.17, 15) is 13.2 Å². The van der Waals surface area contributed by atoms with Crippen molar-refractivity contribution in [3.63, 3.8) is 0 Å². The van der Waals surface area contributed by atoms with Crippen molar-refractivity contribution in [2.45, 2.75) is 19.0 Å². The van der Waals surface area contributed by atoms with Crippen LogP contribution in [0.15, 0.2) is 18.3 Å². The largest absolute Gasteiger partial charge is 0.433 e. The number of halogens is 3. The van der Waals surface area contributed by atoms with Gasteiger partial charge in [-0.2, -0.15) is 18.3 Å². The van der Waals surface area contributed by atoms with Crippen LogP contribution in [0.1, 0.15) is 17.8 Å². The van der Waals surface area contributed by atoms with E-state index in [1.807, 2.05) is 7.05 Å². The molecule has 0 saturated heterocycles. The van der Waals surface area contributed by atoms with Gasteiger partial charge in [0.05, 0.1) is 5.69 Å². The van der Waals surface area contributed by atoms with Crippen molar-refractivity contribution < 1.29 is 13.2 Å². The number of hydrogen-bond acceptors (Lipinski definition) is 3. The molecule has 0 aliphatic heterocycles. The van der Waals surface area contributed by atoms with Crippen molar-refractivity contribution in [1.82, 2.24) is 19.9 Å². The van der Waals surface area contributed by atoms with Crippen molar-refractivity contribution in [2.24, 2.45) is 0 Å². The predicted molar refractivity (Wildman–Crippen MR) is 60.2 cm³/mol. The van der Waals surface area contributed by atoms with Crippen LogP contribution >= 0.6 is 0 Å². The average Bonchev–Trinajstić information content (AvgIpc) is 2.70. The fourth-order valence-corrected chi connectivity index (χ4v) is 1.73. The third kappa shape index (κ3) is 2.61. The molecule has 2 aromatic rings. The number of nitrogens with one attached hydrogen (secondary N) is 1. The van der Waals surface area contributed by atoms with Crippen LogP contribution in [0.4, 0.5) is 13.2 Å². The molecule has 2 rings (SSSR count). The summed E-state index contributed by atoms with van der Waals surface area (Å²) >= 11 is 0. The molecule has 0 saturated carbocycles. The molecule has 7 heteroatoms. The maximum atomic E-state index is 12.7. The molecule has 2 aromatic heterocycles. The Morgan fingerprint density at radius 3 is 2.83 bits per heavy atom. The predicted octanol–water partition coefficient (Wildman–Crippen LogP) is 1.90. The number of nitrogens with zero attached hydrogens (tertiary/aromatic N) is 3. The molecule has 0 spiro atoms. The molecule has 4 nitrogen and oxygen atoms in total. The van der Waals surface area contributed by atoms with Gasteiger partial charge in [-0.1, -0.05) is 0 Å². The highest BCUT2D eigenvalue weighted by atomic mass is 19.4. The van der Waals surface area contributed by atoms with E-state index >= 15 is 0 Å². The molecule has 18 heavy (non-hydrogen) atoms. The highest BCUT2D eigenvalue weighted by molar-refractivity contribution is 5.40. The third-order valence-electron chi connectivity index (χ3n) is 2.56. The Bertz CT molecular complexity index is 533. The number of alkyl halides is 3. The van der Waals surface area contributed by atoms with Gasteiger partial charge in [0.15, 0.2) is 5.65 Å². The molecule has 0 amide bonds. The number of fused-ring (bicyclic) bond motifs is 1. The van der Waals surface area contributed by atoms with Gasteiger partial charge >= 0.3 is 6.18 Å². The zero-order valence-electron chi connectivity index (χ0n) is 9.83. The summed E-state index contributed by atoms with van der Waals surface area (Å²) in [7, 11) is 1.83. The van der Waals surface area contributed by atoms with Crippen LogP contribution in [-0.4, -0.2) is 28.2 Å². The minimum Gasteiger partial charge on any atom is -0.320 e. The molecule has 0 aromatic carbocycles. The van der Waals surface area contributed by atoms with E-state index in [1.54, 1.807) is 6.07 Å². The quantitative estimate of drug-likeness (QED) is 0.852. The summed E-state index contributed by atoms with van der Waals surface area (Å²) in [4.78, 5) is 3.89. The molecular weight excluding hydrogens is 245 g/mol.